The van der Waals surface area contributed by atoms with Crippen molar-refractivity contribution >= 4 is 33.2 Å². The van der Waals surface area contributed by atoms with Gasteiger partial charge < -0.3 is 10.1 Å². The lowest BCUT2D eigenvalue weighted by Gasteiger charge is -2.20. The van der Waals surface area contributed by atoms with Crippen molar-refractivity contribution in [2.75, 3.05) is 13.6 Å². The molecule has 1 saturated carbocycles. The zero-order chi connectivity index (χ0) is 19.4. The smallest absolute Gasteiger partial charge is 0.322 e. The van der Waals surface area contributed by atoms with E-state index in [2.05, 4.69) is 5.32 Å². The number of sulfonamides is 1. The first-order valence-electron chi connectivity index (χ1n) is 8.42. The highest BCUT2D eigenvalue weighted by atomic mass is 32.2. The number of nitrogens with zero attached hydrogens (tertiary/aromatic N) is 1. The predicted octanol–water partition coefficient (Wildman–Crippen LogP) is 1.93. The van der Waals surface area contributed by atoms with Crippen molar-refractivity contribution < 1.29 is 22.7 Å². The molecule has 0 bridgehead atoms. The normalized spacial score (nSPS) is 15.3. The monoisotopic (exact) mass is 408 g/mol. The summed E-state index contributed by atoms with van der Waals surface area (Å²) in [6, 6.07) is 11.9. The van der Waals surface area contributed by atoms with E-state index < -0.39 is 34.5 Å². The van der Waals surface area contributed by atoms with Crippen LogP contribution in [0.2, 0.25) is 0 Å². The fraction of sp³-hybridized carbons (Fsp3) is 0.333. The molecule has 1 aromatic carbocycles. The highest BCUT2D eigenvalue weighted by molar-refractivity contribution is 7.91. The number of amides is 1. The molecule has 9 heteroatoms. The number of carbonyl (C=O) groups excluding carboxylic acids is 2. The third-order valence-corrected chi connectivity index (χ3v) is 7.20. The van der Waals surface area contributed by atoms with Crippen LogP contribution >= 0.6 is 11.3 Å². The first-order chi connectivity index (χ1) is 12.9. The molecule has 0 spiro atoms. The fourth-order valence-corrected chi connectivity index (χ4v) is 4.72. The number of rotatable bonds is 8. The number of hydrogen-bond acceptors (Lipinski definition) is 6. The summed E-state index contributed by atoms with van der Waals surface area (Å²) < 4.78 is 31.3. The summed E-state index contributed by atoms with van der Waals surface area (Å²) >= 11 is 1.07. The van der Waals surface area contributed by atoms with Crippen molar-refractivity contribution in [1.29, 1.82) is 0 Å². The molecule has 1 aromatic heterocycles. The lowest BCUT2D eigenvalue weighted by atomic mass is 10.1. The third kappa shape index (κ3) is 4.94. The number of likely N-dealkylation sites (N-methyl/N-ethyl adjacent to an activating group) is 1. The second-order valence-corrected chi connectivity index (χ2v) is 9.48. The Kier molecular flexibility index (Phi) is 5.93. The first-order valence-corrected chi connectivity index (χ1v) is 10.7. The molecule has 1 aliphatic rings. The summed E-state index contributed by atoms with van der Waals surface area (Å²) in [5, 5.41) is 4.46. The van der Waals surface area contributed by atoms with Gasteiger partial charge in [0.15, 0.2) is 0 Å². The molecule has 7 nitrogen and oxygen atoms in total. The average Bonchev–Trinajstić information content (AvgIpc) is 3.27. The molecule has 0 saturated heterocycles. The third-order valence-electron chi connectivity index (χ3n) is 4.02. The highest BCUT2D eigenvalue weighted by Crippen LogP contribution is 2.24. The van der Waals surface area contributed by atoms with Gasteiger partial charge in [0.25, 0.3) is 15.9 Å². The van der Waals surface area contributed by atoms with Crippen LogP contribution in [0.1, 0.15) is 24.5 Å². The van der Waals surface area contributed by atoms with Gasteiger partial charge in [-0.1, -0.05) is 36.4 Å². The van der Waals surface area contributed by atoms with Crippen LogP contribution in [-0.2, 0) is 24.3 Å². The maximum atomic E-state index is 12.5. The number of benzene rings is 1. The van der Waals surface area contributed by atoms with E-state index in [4.69, 9.17) is 4.74 Å². The van der Waals surface area contributed by atoms with E-state index in [0.717, 1.165) is 28.5 Å². The second-order valence-electron chi connectivity index (χ2n) is 6.26. The van der Waals surface area contributed by atoms with Crippen molar-refractivity contribution in [2.24, 2.45) is 0 Å². The van der Waals surface area contributed by atoms with Gasteiger partial charge in [0.1, 0.15) is 10.8 Å². The van der Waals surface area contributed by atoms with Gasteiger partial charge in [-0.2, -0.15) is 4.31 Å². The lowest BCUT2D eigenvalue weighted by molar-refractivity contribution is -0.156. The van der Waals surface area contributed by atoms with E-state index in [1.54, 1.807) is 41.8 Å². The molecule has 1 fully saturated rings. The molecule has 1 heterocycles. The number of thiophene rings is 1. The Labute approximate surface area is 162 Å². The quantitative estimate of drug-likeness (QED) is 0.674. The molecule has 3 rings (SSSR count). The van der Waals surface area contributed by atoms with Crippen LogP contribution in [0, 0.1) is 0 Å². The van der Waals surface area contributed by atoms with Gasteiger partial charge in [-0.15, -0.1) is 11.3 Å². The van der Waals surface area contributed by atoms with Crippen LogP contribution < -0.4 is 5.32 Å². The van der Waals surface area contributed by atoms with Gasteiger partial charge in [-0.25, -0.2) is 8.42 Å². The molecule has 0 aliphatic heterocycles. The van der Waals surface area contributed by atoms with E-state index in [-0.39, 0.29) is 10.3 Å². The Morgan fingerprint density at radius 1 is 1.22 bits per heavy atom. The van der Waals surface area contributed by atoms with Crippen molar-refractivity contribution in [3.05, 3.63) is 53.4 Å². The summed E-state index contributed by atoms with van der Waals surface area (Å²) in [6.45, 7) is -0.486. The molecule has 0 radical (unpaired) electrons. The first kappa shape index (κ1) is 19.5. The van der Waals surface area contributed by atoms with Crippen LogP contribution in [0.5, 0.6) is 0 Å². The molecule has 27 heavy (non-hydrogen) atoms. The number of hydrogen-bond donors (Lipinski definition) is 1. The van der Waals surface area contributed by atoms with Crippen LogP contribution in [0.3, 0.4) is 0 Å². The zero-order valence-electron chi connectivity index (χ0n) is 14.7. The van der Waals surface area contributed by atoms with Crippen LogP contribution in [0.4, 0.5) is 0 Å². The van der Waals surface area contributed by atoms with Gasteiger partial charge in [0.2, 0.25) is 6.10 Å². The van der Waals surface area contributed by atoms with Crippen LogP contribution in [-0.4, -0.2) is 44.2 Å². The molecule has 1 atom stereocenters. The van der Waals surface area contributed by atoms with Gasteiger partial charge in [-0.3, -0.25) is 9.59 Å². The standard InChI is InChI=1S/C18H20N2O5S2/c1-20(27(23,24)16-8-5-11-26-16)12-15(21)25-17(13-6-3-2-4-7-13)18(22)19-14-9-10-14/h2-8,11,14,17H,9-10,12H2,1H3,(H,19,22)/t17-/m0/s1. The zero-order valence-corrected chi connectivity index (χ0v) is 16.3. The summed E-state index contributed by atoms with van der Waals surface area (Å²) in [7, 11) is -2.47. The average molecular weight is 409 g/mol. The number of carbonyl (C=O) groups is 2. The molecule has 1 amide bonds. The van der Waals surface area contributed by atoms with E-state index in [9.17, 15) is 18.0 Å². The van der Waals surface area contributed by atoms with Crippen molar-refractivity contribution in [2.45, 2.75) is 29.2 Å². The summed E-state index contributed by atoms with van der Waals surface area (Å²) in [4.78, 5) is 24.8. The Hall–Kier alpha value is -2.23. The predicted molar refractivity (Wildman–Crippen MR) is 101 cm³/mol. The van der Waals surface area contributed by atoms with E-state index in [1.807, 2.05) is 0 Å². The molecule has 144 valence electrons. The summed E-state index contributed by atoms with van der Waals surface area (Å²) in [6.07, 6.45) is 0.698. The van der Waals surface area contributed by atoms with Crippen molar-refractivity contribution in [1.82, 2.24) is 9.62 Å². The van der Waals surface area contributed by atoms with E-state index in [0.29, 0.717) is 5.56 Å². The number of ether oxygens (including phenoxy) is 1. The highest BCUT2D eigenvalue weighted by Gasteiger charge is 2.32. The minimum Gasteiger partial charge on any atom is -0.446 e. The molecule has 0 unspecified atom stereocenters. The van der Waals surface area contributed by atoms with Gasteiger partial charge in [0.05, 0.1) is 0 Å². The summed E-state index contributed by atoms with van der Waals surface area (Å²) in [5.74, 6) is -1.20. The fourth-order valence-electron chi connectivity index (χ4n) is 2.40. The SMILES string of the molecule is CN(CC(=O)O[C@H](C(=O)NC1CC1)c1ccccc1)S(=O)(=O)c1cccs1. The molecule has 1 N–H and O–H groups in total. The second kappa shape index (κ2) is 8.20. The number of esters is 1. The van der Waals surface area contributed by atoms with Crippen LogP contribution in [0.25, 0.3) is 0 Å². The topological polar surface area (TPSA) is 92.8 Å². The van der Waals surface area contributed by atoms with E-state index >= 15 is 0 Å². The van der Waals surface area contributed by atoms with Gasteiger partial charge in [-0.05, 0) is 24.3 Å². The van der Waals surface area contributed by atoms with E-state index in [1.165, 1.54) is 13.1 Å². The Balaban J connectivity index is 1.69. The maximum absolute atomic E-state index is 12.5. The van der Waals surface area contributed by atoms with Gasteiger partial charge >= 0.3 is 5.97 Å². The van der Waals surface area contributed by atoms with Crippen LogP contribution in [0.15, 0.2) is 52.1 Å². The Morgan fingerprint density at radius 2 is 1.93 bits per heavy atom. The van der Waals surface area contributed by atoms with Gasteiger partial charge in [0, 0.05) is 18.7 Å². The van der Waals surface area contributed by atoms with Crippen molar-refractivity contribution in [3.63, 3.8) is 0 Å². The number of nitrogens with one attached hydrogen (secondary N) is 1. The maximum Gasteiger partial charge on any atom is 0.322 e. The molecule has 2 aromatic rings. The Bertz CT molecular complexity index is 893. The van der Waals surface area contributed by atoms with Crippen molar-refractivity contribution in [3.8, 4) is 0 Å². The molecule has 1 aliphatic carbocycles. The Morgan fingerprint density at radius 3 is 2.52 bits per heavy atom. The lowest BCUT2D eigenvalue weighted by Crippen LogP contribution is -2.37. The minimum atomic E-state index is -3.77. The largest absolute Gasteiger partial charge is 0.446 e. The summed E-state index contributed by atoms with van der Waals surface area (Å²) in [5.41, 5.74) is 0.535. The minimum absolute atomic E-state index is 0.115. The molecular weight excluding hydrogens is 388 g/mol. The molecular formula is C18H20N2O5S2.